The van der Waals surface area contributed by atoms with Crippen molar-refractivity contribution in [3.8, 4) is 11.5 Å². The van der Waals surface area contributed by atoms with Crippen LogP contribution in [-0.4, -0.2) is 12.6 Å². The van der Waals surface area contributed by atoms with Gasteiger partial charge in [0.05, 0.1) is 6.42 Å². The van der Waals surface area contributed by atoms with Crippen molar-refractivity contribution in [3.63, 3.8) is 0 Å². The average molecular weight is 299 g/mol. The molecule has 2 aromatic rings. The maximum Gasteiger partial charge on any atom is 0.231 e. The number of ketones is 1. The molecule has 0 saturated carbocycles. The van der Waals surface area contributed by atoms with Crippen LogP contribution in [0.4, 0.5) is 10.1 Å². The molecule has 0 bridgehead atoms. The number of carbonyl (C=O) groups excluding carboxylic acids is 1. The van der Waals surface area contributed by atoms with Crippen molar-refractivity contribution in [3.05, 3.63) is 66.1 Å². The number of nitrogens with one attached hydrogen (secondary N) is 1. The number of hydrogen-bond donors (Lipinski definition) is 1. The third-order valence-electron chi connectivity index (χ3n) is 3.23. The Bertz CT molecular complexity index is 725. The average Bonchev–Trinajstić information content (AvgIpc) is 2.95. The number of fused-ring (bicyclic) bond motifs is 1. The first-order valence-corrected chi connectivity index (χ1v) is 6.75. The molecule has 1 heterocycles. The molecule has 0 radical (unpaired) electrons. The number of ether oxygens (including phenoxy) is 2. The van der Waals surface area contributed by atoms with Gasteiger partial charge in [-0.25, -0.2) is 4.39 Å². The van der Waals surface area contributed by atoms with Gasteiger partial charge in [0.15, 0.2) is 17.3 Å². The summed E-state index contributed by atoms with van der Waals surface area (Å²) in [6, 6.07) is 10.9. The molecular formula is C17H14FNO3. The van der Waals surface area contributed by atoms with E-state index in [4.69, 9.17) is 9.47 Å². The van der Waals surface area contributed by atoms with Gasteiger partial charge in [0.1, 0.15) is 5.82 Å². The summed E-state index contributed by atoms with van der Waals surface area (Å²) in [6.07, 6.45) is 0.125. The number of allylic oxidation sites excluding steroid dienone is 1. The van der Waals surface area contributed by atoms with Crippen LogP contribution in [0.25, 0.3) is 0 Å². The fourth-order valence-corrected chi connectivity index (χ4v) is 2.15. The van der Waals surface area contributed by atoms with Crippen LogP contribution in [0, 0.1) is 5.82 Å². The van der Waals surface area contributed by atoms with Gasteiger partial charge in [-0.2, -0.15) is 0 Å². The van der Waals surface area contributed by atoms with Crippen LogP contribution < -0.4 is 14.8 Å². The molecule has 0 spiro atoms. The third kappa shape index (κ3) is 3.09. The first-order chi connectivity index (χ1) is 10.6. The van der Waals surface area contributed by atoms with E-state index in [1.165, 1.54) is 24.3 Å². The van der Waals surface area contributed by atoms with Gasteiger partial charge in [0.2, 0.25) is 6.79 Å². The lowest BCUT2D eigenvalue weighted by atomic mass is 10.1. The fraction of sp³-hybridized carbons (Fsp3) is 0.118. The molecule has 0 fully saturated rings. The SMILES string of the molecule is C=C(CC(=O)c1ccc(F)cc1)Nc1ccc2c(c1)OCO2. The topological polar surface area (TPSA) is 47.6 Å². The lowest BCUT2D eigenvalue weighted by Crippen LogP contribution is -2.06. The van der Waals surface area contributed by atoms with Crippen LogP contribution in [0.1, 0.15) is 16.8 Å². The summed E-state index contributed by atoms with van der Waals surface area (Å²) >= 11 is 0. The van der Waals surface area contributed by atoms with Crippen molar-refractivity contribution >= 4 is 11.5 Å². The van der Waals surface area contributed by atoms with E-state index in [0.29, 0.717) is 22.8 Å². The van der Waals surface area contributed by atoms with Gasteiger partial charge < -0.3 is 14.8 Å². The van der Waals surface area contributed by atoms with E-state index in [0.717, 1.165) is 5.69 Å². The van der Waals surface area contributed by atoms with Gasteiger partial charge in [-0.3, -0.25) is 4.79 Å². The van der Waals surface area contributed by atoms with E-state index in [1.54, 1.807) is 12.1 Å². The van der Waals surface area contributed by atoms with Gasteiger partial charge in [0.25, 0.3) is 0 Å². The smallest absolute Gasteiger partial charge is 0.231 e. The molecule has 0 atom stereocenters. The first kappa shape index (κ1) is 14.1. The minimum absolute atomic E-state index is 0.125. The quantitative estimate of drug-likeness (QED) is 0.854. The zero-order valence-corrected chi connectivity index (χ0v) is 11.8. The van der Waals surface area contributed by atoms with Crippen molar-refractivity contribution < 1.29 is 18.7 Å². The van der Waals surface area contributed by atoms with Crippen LogP contribution in [0.2, 0.25) is 0 Å². The molecule has 1 aliphatic heterocycles. The van der Waals surface area contributed by atoms with E-state index in [2.05, 4.69) is 11.9 Å². The van der Waals surface area contributed by atoms with E-state index in [1.807, 2.05) is 6.07 Å². The summed E-state index contributed by atoms with van der Waals surface area (Å²) in [7, 11) is 0. The van der Waals surface area contributed by atoms with Crippen molar-refractivity contribution in [2.24, 2.45) is 0 Å². The predicted octanol–water partition coefficient (Wildman–Crippen LogP) is 3.75. The molecule has 1 aliphatic rings. The summed E-state index contributed by atoms with van der Waals surface area (Å²) < 4.78 is 23.4. The molecule has 3 rings (SSSR count). The summed E-state index contributed by atoms with van der Waals surface area (Å²) in [4.78, 5) is 12.1. The van der Waals surface area contributed by atoms with Crippen LogP contribution in [0.15, 0.2) is 54.7 Å². The highest BCUT2D eigenvalue weighted by atomic mass is 19.1. The first-order valence-electron chi connectivity index (χ1n) is 6.75. The number of halogens is 1. The number of rotatable bonds is 5. The third-order valence-corrected chi connectivity index (χ3v) is 3.23. The van der Waals surface area contributed by atoms with Crippen LogP contribution in [0.5, 0.6) is 11.5 Å². The second kappa shape index (κ2) is 5.89. The van der Waals surface area contributed by atoms with Gasteiger partial charge in [0, 0.05) is 23.0 Å². The van der Waals surface area contributed by atoms with Crippen molar-refractivity contribution in [2.45, 2.75) is 6.42 Å². The lowest BCUT2D eigenvalue weighted by Gasteiger charge is -2.10. The van der Waals surface area contributed by atoms with E-state index in [9.17, 15) is 9.18 Å². The zero-order valence-electron chi connectivity index (χ0n) is 11.8. The molecule has 2 aromatic carbocycles. The van der Waals surface area contributed by atoms with Crippen LogP contribution in [0.3, 0.4) is 0 Å². The van der Waals surface area contributed by atoms with Crippen molar-refractivity contribution in [1.29, 1.82) is 0 Å². The van der Waals surface area contributed by atoms with Crippen molar-refractivity contribution in [1.82, 2.24) is 0 Å². The lowest BCUT2D eigenvalue weighted by molar-refractivity contribution is 0.0993. The Kier molecular flexibility index (Phi) is 3.78. The molecule has 0 saturated heterocycles. The van der Waals surface area contributed by atoms with Crippen molar-refractivity contribution in [2.75, 3.05) is 12.1 Å². The molecule has 0 amide bonds. The number of carbonyl (C=O) groups is 1. The highest BCUT2D eigenvalue weighted by molar-refractivity contribution is 5.97. The molecule has 4 nitrogen and oxygen atoms in total. The standard InChI is InChI=1S/C17H14FNO3/c1-11(8-15(20)12-2-4-13(18)5-3-12)19-14-6-7-16-17(9-14)22-10-21-16/h2-7,9,19H,1,8,10H2. The Morgan fingerprint density at radius 1 is 1.14 bits per heavy atom. The molecule has 22 heavy (non-hydrogen) atoms. The highest BCUT2D eigenvalue weighted by Gasteiger charge is 2.14. The molecule has 0 aromatic heterocycles. The maximum atomic E-state index is 12.8. The Morgan fingerprint density at radius 3 is 2.64 bits per heavy atom. The normalized spacial score (nSPS) is 12.0. The molecule has 112 valence electrons. The van der Waals surface area contributed by atoms with Gasteiger partial charge in [-0.05, 0) is 36.4 Å². The Hall–Kier alpha value is -2.82. The summed E-state index contributed by atoms with van der Waals surface area (Å²) in [6.45, 7) is 4.06. The van der Waals surface area contributed by atoms with Gasteiger partial charge >= 0.3 is 0 Å². The molecular weight excluding hydrogens is 285 g/mol. The summed E-state index contributed by atoms with van der Waals surface area (Å²) in [5, 5.41) is 3.06. The monoisotopic (exact) mass is 299 g/mol. The van der Waals surface area contributed by atoms with Crippen LogP contribution >= 0.6 is 0 Å². The van der Waals surface area contributed by atoms with Gasteiger partial charge in [-0.1, -0.05) is 6.58 Å². The Morgan fingerprint density at radius 2 is 1.86 bits per heavy atom. The Balaban J connectivity index is 1.62. The highest BCUT2D eigenvalue weighted by Crippen LogP contribution is 2.34. The second-order valence-electron chi connectivity index (χ2n) is 4.90. The minimum Gasteiger partial charge on any atom is -0.454 e. The number of anilines is 1. The molecule has 0 unspecified atom stereocenters. The largest absolute Gasteiger partial charge is 0.454 e. The second-order valence-corrected chi connectivity index (χ2v) is 4.90. The number of benzene rings is 2. The Labute approximate surface area is 127 Å². The molecule has 0 aliphatic carbocycles. The summed E-state index contributed by atoms with van der Waals surface area (Å²) in [5.74, 6) is 0.855. The van der Waals surface area contributed by atoms with E-state index in [-0.39, 0.29) is 24.8 Å². The number of Topliss-reactive ketones (excluding diaryl/α,β-unsaturated/α-hetero) is 1. The fourth-order valence-electron chi connectivity index (χ4n) is 2.15. The maximum absolute atomic E-state index is 12.8. The summed E-state index contributed by atoms with van der Waals surface area (Å²) in [5.41, 5.74) is 1.77. The zero-order chi connectivity index (χ0) is 15.5. The van der Waals surface area contributed by atoms with E-state index < -0.39 is 0 Å². The molecule has 5 heteroatoms. The molecule has 1 N–H and O–H groups in total. The minimum atomic E-state index is -0.367. The predicted molar refractivity (Wildman–Crippen MR) is 80.7 cm³/mol. The number of hydrogen-bond acceptors (Lipinski definition) is 4. The van der Waals surface area contributed by atoms with Crippen LogP contribution in [-0.2, 0) is 0 Å². The van der Waals surface area contributed by atoms with E-state index >= 15 is 0 Å². The van der Waals surface area contributed by atoms with Gasteiger partial charge in [-0.15, -0.1) is 0 Å².